The van der Waals surface area contributed by atoms with Crippen molar-refractivity contribution in [3.63, 3.8) is 0 Å². The molecule has 0 bridgehead atoms. The fraction of sp³-hybridized carbons (Fsp3) is 0.0952. The molecule has 4 rings (SSSR count). The van der Waals surface area contributed by atoms with Crippen LogP contribution < -0.4 is 10.6 Å². The number of alkyl halides is 3. The van der Waals surface area contributed by atoms with Crippen LogP contribution in [-0.4, -0.2) is 16.3 Å². The largest absolute Gasteiger partial charge is 0.416 e. The van der Waals surface area contributed by atoms with E-state index in [2.05, 4.69) is 20.6 Å². The Morgan fingerprint density at radius 2 is 2.00 bits per heavy atom. The van der Waals surface area contributed by atoms with E-state index in [0.717, 1.165) is 29.5 Å². The number of fused-ring (bicyclic) bond motifs is 1. The molecule has 5 nitrogen and oxygen atoms in total. The number of nitrogens with zero attached hydrogens (tertiary/aromatic N) is 2. The van der Waals surface area contributed by atoms with Crippen LogP contribution in [-0.2, 0) is 11.0 Å². The first-order valence-corrected chi connectivity index (χ1v) is 8.73. The van der Waals surface area contributed by atoms with Gasteiger partial charge in [0.05, 0.1) is 11.3 Å². The summed E-state index contributed by atoms with van der Waals surface area (Å²) in [5, 5.41) is 5.88. The maximum Gasteiger partial charge on any atom is 0.416 e. The van der Waals surface area contributed by atoms with Gasteiger partial charge in [-0.2, -0.15) is 13.2 Å². The second-order valence-corrected chi connectivity index (χ2v) is 6.42. The number of aromatic nitrogens is 2. The van der Waals surface area contributed by atoms with E-state index in [1.165, 1.54) is 12.1 Å². The molecule has 2 N–H and O–H groups in total. The van der Waals surface area contributed by atoms with Gasteiger partial charge in [-0.05, 0) is 54.2 Å². The Morgan fingerprint density at radius 1 is 1.14 bits per heavy atom. The minimum atomic E-state index is -4.46. The number of carbonyl (C=O) groups is 1. The minimum absolute atomic E-state index is 0.220. The Hall–Kier alpha value is -3.68. The number of pyridine rings is 2. The lowest BCUT2D eigenvalue weighted by Crippen LogP contribution is -2.22. The Balaban J connectivity index is 1.83. The van der Waals surface area contributed by atoms with Crippen LogP contribution in [0.15, 0.2) is 61.1 Å². The number of benzene rings is 1. The molecule has 1 aliphatic heterocycles. The van der Waals surface area contributed by atoms with Gasteiger partial charge in [-0.25, -0.2) is 4.98 Å². The van der Waals surface area contributed by atoms with Crippen molar-refractivity contribution < 1.29 is 18.0 Å². The molecule has 8 heteroatoms. The molecule has 0 amide bonds. The van der Waals surface area contributed by atoms with Crippen molar-refractivity contribution in [1.29, 1.82) is 0 Å². The van der Waals surface area contributed by atoms with E-state index in [9.17, 15) is 18.0 Å². The van der Waals surface area contributed by atoms with Crippen LogP contribution in [0.3, 0.4) is 0 Å². The summed E-state index contributed by atoms with van der Waals surface area (Å²) in [6.45, 7) is 0. The van der Waals surface area contributed by atoms with Gasteiger partial charge in [0.1, 0.15) is 18.1 Å². The lowest BCUT2D eigenvalue weighted by atomic mass is 9.97. The Labute approximate surface area is 164 Å². The molecule has 146 valence electrons. The van der Waals surface area contributed by atoms with E-state index >= 15 is 0 Å². The molecule has 3 aromatic rings. The maximum atomic E-state index is 13.1. The zero-order chi connectivity index (χ0) is 20.4. The van der Waals surface area contributed by atoms with Crippen LogP contribution >= 0.6 is 0 Å². The average molecular weight is 396 g/mol. The highest BCUT2D eigenvalue weighted by molar-refractivity contribution is 5.80. The Morgan fingerprint density at radius 3 is 2.72 bits per heavy atom. The molecule has 29 heavy (non-hydrogen) atoms. The number of hydrogen-bond acceptors (Lipinski definition) is 5. The summed E-state index contributed by atoms with van der Waals surface area (Å²) < 4.78 is 39.2. The van der Waals surface area contributed by atoms with Gasteiger partial charge in [-0.1, -0.05) is 6.07 Å². The molecule has 1 unspecified atom stereocenters. The van der Waals surface area contributed by atoms with E-state index in [-0.39, 0.29) is 5.69 Å². The minimum Gasteiger partial charge on any atom is -0.378 e. The summed E-state index contributed by atoms with van der Waals surface area (Å²) in [5.74, 6) is 0.301. The standard InChI is InChI=1S/C21H15F3N4O/c22-21(23,24)15-4-1-5-16(10-15)27-20-19-13(6-8-26-18(19)12-29)9-17(28-20)14-3-2-7-25-11-14/h1-12,18,26H,(H,27,28). The highest BCUT2D eigenvalue weighted by Gasteiger charge is 2.30. The number of carbonyl (C=O) groups excluding carboxylic acids is 1. The third-order valence-electron chi connectivity index (χ3n) is 4.49. The quantitative estimate of drug-likeness (QED) is 0.625. The van der Waals surface area contributed by atoms with Crippen LogP contribution in [0.4, 0.5) is 24.7 Å². The van der Waals surface area contributed by atoms with Gasteiger partial charge >= 0.3 is 6.18 Å². The van der Waals surface area contributed by atoms with E-state index in [0.29, 0.717) is 17.1 Å². The van der Waals surface area contributed by atoms with Crippen molar-refractivity contribution in [3.05, 3.63) is 77.7 Å². The monoisotopic (exact) mass is 396 g/mol. The molecule has 0 radical (unpaired) electrons. The van der Waals surface area contributed by atoms with Crippen LogP contribution in [0.25, 0.3) is 17.3 Å². The molecular formula is C21H15F3N4O. The average Bonchev–Trinajstić information content (AvgIpc) is 2.73. The predicted molar refractivity (Wildman–Crippen MR) is 103 cm³/mol. The molecule has 1 aliphatic rings. The summed E-state index contributed by atoms with van der Waals surface area (Å²) in [4.78, 5) is 20.2. The number of rotatable bonds is 4. The van der Waals surface area contributed by atoms with Crippen molar-refractivity contribution in [2.75, 3.05) is 5.32 Å². The van der Waals surface area contributed by atoms with Crippen molar-refractivity contribution in [3.8, 4) is 11.3 Å². The van der Waals surface area contributed by atoms with Gasteiger partial charge in [0.25, 0.3) is 0 Å². The highest BCUT2D eigenvalue weighted by atomic mass is 19.4. The summed E-state index contributed by atoms with van der Waals surface area (Å²) in [7, 11) is 0. The number of halogens is 3. The topological polar surface area (TPSA) is 66.9 Å². The second-order valence-electron chi connectivity index (χ2n) is 6.42. The van der Waals surface area contributed by atoms with Crippen molar-refractivity contribution in [1.82, 2.24) is 15.3 Å². The number of hydrogen-bond donors (Lipinski definition) is 2. The molecule has 0 spiro atoms. The number of nitrogens with one attached hydrogen (secondary N) is 2. The first-order chi connectivity index (χ1) is 14.0. The lowest BCUT2D eigenvalue weighted by Gasteiger charge is -2.23. The van der Waals surface area contributed by atoms with Crippen LogP contribution in [0.2, 0.25) is 0 Å². The molecule has 3 heterocycles. The molecule has 1 aromatic carbocycles. The molecular weight excluding hydrogens is 381 g/mol. The van der Waals surface area contributed by atoms with Gasteiger partial charge in [0.2, 0.25) is 0 Å². The predicted octanol–water partition coefficient (Wildman–Crippen LogP) is 4.72. The molecule has 0 saturated carbocycles. The summed E-state index contributed by atoms with van der Waals surface area (Å²) in [6.07, 6.45) is 2.99. The van der Waals surface area contributed by atoms with Crippen molar-refractivity contribution in [2.24, 2.45) is 0 Å². The van der Waals surface area contributed by atoms with Gasteiger partial charge in [-0.3, -0.25) is 4.98 Å². The Bertz CT molecular complexity index is 1080. The van der Waals surface area contributed by atoms with Crippen LogP contribution in [0.5, 0.6) is 0 Å². The molecule has 2 aromatic heterocycles. The Kier molecular flexibility index (Phi) is 4.75. The zero-order valence-electron chi connectivity index (χ0n) is 14.9. The first-order valence-electron chi connectivity index (χ1n) is 8.73. The van der Waals surface area contributed by atoms with E-state index in [1.54, 1.807) is 30.7 Å². The fourth-order valence-electron chi connectivity index (χ4n) is 3.14. The molecule has 0 fully saturated rings. The zero-order valence-corrected chi connectivity index (χ0v) is 14.9. The number of anilines is 2. The van der Waals surface area contributed by atoms with Gasteiger partial charge < -0.3 is 15.4 Å². The fourth-order valence-corrected chi connectivity index (χ4v) is 3.14. The molecule has 0 aliphatic carbocycles. The van der Waals surface area contributed by atoms with E-state index in [1.807, 2.05) is 12.1 Å². The van der Waals surface area contributed by atoms with Gasteiger partial charge in [0, 0.05) is 29.2 Å². The van der Waals surface area contributed by atoms with E-state index in [4.69, 9.17) is 0 Å². The second kappa shape index (κ2) is 7.38. The normalized spacial score (nSPS) is 15.3. The smallest absolute Gasteiger partial charge is 0.378 e. The summed E-state index contributed by atoms with van der Waals surface area (Å²) >= 11 is 0. The molecule has 0 saturated heterocycles. The van der Waals surface area contributed by atoms with Crippen LogP contribution in [0, 0.1) is 0 Å². The lowest BCUT2D eigenvalue weighted by molar-refractivity contribution is -0.137. The van der Waals surface area contributed by atoms with Crippen LogP contribution in [0.1, 0.15) is 22.7 Å². The maximum absolute atomic E-state index is 13.1. The SMILES string of the molecule is O=CC1NC=Cc2cc(-c3cccnc3)nc(Nc3cccc(C(F)(F)F)c3)c21. The third-order valence-corrected chi connectivity index (χ3v) is 4.49. The highest BCUT2D eigenvalue weighted by Crippen LogP contribution is 2.35. The third kappa shape index (κ3) is 3.82. The molecule has 1 atom stereocenters. The van der Waals surface area contributed by atoms with Gasteiger partial charge in [0.15, 0.2) is 0 Å². The summed E-state index contributed by atoms with van der Waals surface area (Å²) in [5.41, 5.74) is 2.08. The first kappa shape index (κ1) is 18.7. The van der Waals surface area contributed by atoms with Gasteiger partial charge in [-0.15, -0.1) is 0 Å². The number of aldehydes is 1. The van der Waals surface area contributed by atoms with Crippen molar-refractivity contribution >= 4 is 23.9 Å². The summed E-state index contributed by atoms with van der Waals surface area (Å²) in [6, 6.07) is 9.58. The van der Waals surface area contributed by atoms with E-state index < -0.39 is 17.8 Å². The van der Waals surface area contributed by atoms with Crippen molar-refractivity contribution in [2.45, 2.75) is 12.2 Å².